The first-order valence-electron chi connectivity index (χ1n) is 14.2. The molecule has 2 aliphatic heterocycles. The van der Waals surface area contributed by atoms with Gasteiger partial charge in [-0.15, -0.1) is 0 Å². The minimum atomic E-state index is -5.08. The van der Waals surface area contributed by atoms with Crippen LogP contribution in [0.15, 0.2) is 70.6 Å². The van der Waals surface area contributed by atoms with Crippen molar-refractivity contribution in [1.29, 1.82) is 0 Å². The third-order valence-electron chi connectivity index (χ3n) is 7.52. The number of carboxylic acids is 1. The van der Waals surface area contributed by atoms with Gasteiger partial charge in [-0.25, -0.2) is 4.79 Å². The van der Waals surface area contributed by atoms with Gasteiger partial charge in [-0.3, -0.25) is 9.98 Å². The van der Waals surface area contributed by atoms with Crippen LogP contribution < -0.4 is 10.6 Å². The van der Waals surface area contributed by atoms with E-state index in [2.05, 4.69) is 91.3 Å². The van der Waals surface area contributed by atoms with Gasteiger partial charge in [-0.1, -0.05) is 71.7 Å². The Morgan fingerprint density at radius 1 is 0.689 bits per heavy atom. The molecule has 0 saturated heterocycles. The molecule has 2 aromatic heterocycles. The Labute approximate surface area is 265 Å². The number of alkyl halides is 3. The molecule has 13 heteroatoms. The van der Waals surface area contributed by atoms with E-state index in [9.17, 15) is 13.2 Å². The summed E-state index contributed by atoms with van der Waals surface area (Å²) in [4.78, 5) is 25.2. The van der Waals surface area contributed by atoms with Gasteiger partial charge < -0.3 is 25.7 Å². The molecule has 5 N–H and O–H groups in total. The molecule has 0 unspecified atom stereocenters. The Bertz CT molecular complexity index is 1830. The Balaban J connectivity index is 0.000000460. The summed E-state index contributed by atoms with van der Waals surface area (Å²) in [6, 6.07) is 20.8. The van der Waals surface area contributed by atoms with Gasteiger partial charge in [0.2, 0.25) is 0 Å². The van der Waals surface area contributed by atoms with Crippen molar-refractivity contribution in [1.82, 2.24) is 20.6 Å². The fourth-order valence-electron chi connectivity index (χ4n) is 5.27. The third-order valence-corrected chi connectivity index (χ3v) is 8.30. The topological polar surface area (TPSA) is 118 Å². The van der Waals surface area contributed by atoms with Crippen molar-refractivity contribution in [2.24, 2.45) is 9.98 Å². The van der Waals surface area contributed by atoms with E-state index in [4.69, 9.17) is 33.1 Å². The van der Waals surface area contributed by atoms with E-state index in [0.717, 1.165) is 106 Å². The number of fused-ring (bicyclic) bond motifs is 2. The number of aromatic amines is 2. The molecular formula is C32H27Cl2F3N6O2. The average molecular weight is 656 g/mol. The van der Waals surface area contributed by atoms with Crippen LogP contribution in [0.1, 0.15) is 24.0 Å². The van der Waals surface area contributed by atoms with Crippen LogP contribution in [0.2, 0.25) is 10.0 Å². The van der Waals surface area contributed by atoms with Gasteiger partial charge in [0.1, 0.15) is 11.7 Å². The number of hydrogen-bond donors (Lipinski definition) is 5. The molecule has 0 spiro atoms. The highest BCUT2D eigenvalue weighted by atomic mass is 35.5. The molecule has 5 aromatic rings. The Morgan fingerprint density at radius 3 is 1.40 bits per heavy atom. The van der Waals surface area contributed by atoms with Gasteiger partial charge in [0.25, 0.3) is 0 Å². The van der Waals surface area contributed by atoms with Crippen LogP contribution in [0.25, 0.3) is 44.3 Å². The van der Waals surface area contributed by atoms with Crippen molar-refractivity contribution in [3.8, 4) is 22.5 Å². The molecule has 0 saturated carbocycles. The molecule has 0 atom stereocenters. The van der Waals surface area contributed by atoms with Crippen LogP contribution in [-0.4, -0.2) is 65.1 Å². The molecule has 2 aliphatic rings. The maximum atomic E-state index is 10.6. The van der Waals surface area contributed by atoms with Gasteiger partial charge in [-0.05, 0) is 36.1 Å². The average Bonchev–Trinajstić information content (AvgIpc) is 3.57. The van der Waals surface area contributed by atoms with E-state index < -0.39 is 12.1 Å². The van der Waals surface area contributed by atoms with E-state index in [1.54, 1.807) is 0 Å². The number of aliphatic imine (C=N–C) groups is 2. The SMILES string of the molecule is Clc1c(-c2ccc(-c3[nH]c4cc(C5=NCCCN5)ccc4c3Cl)cc2)[nH]c2cc(C3=NCCCN3)ccc12.O=C(O)C(F)(F)F. The molecule has 7 rings (SSSR count). The number of amidine groups is 2. The molecule has 45 heavy (non-hydrogen) atoms. The van der Waals surface area contributed by atoms with Crippen LogP contribution >= 0.6 is 23.2 Å². The molecule has 0 radical (unpaired) electrons. The number of carbonyl (C=O) groups is 1. The first kappa shape index (κ1) is 30.5. The van der Waals surface area contributed by atoms with Crippen LogP contribution in [-0.2, 0) is 4.79 Å². The number of carboxylic acid groups (broad SMARTS) is 1. The summed E-state index contributed by atoms with van der Waals surface area (Å²) in [5.74, 6) is -0.868. The van der Waals surface area contributed by atoms with Crippen molar-refractivity contribution in [2.75, 3.05) is 26.2 Å². The fraction of sp³-hybridized carbons (Fsp3) is 0.219. The van der Waals surface area contributed by atoms with E-state index in [1.807, 2.05) is 0 Å². The zero-order valence-corrected chi connectivity index (χ0v) is 25.2. The molecule has 0 fully saturated rings. The number of nitrogens with one attached hydrogen (secondary N) is 4. The van der Waals surface area contributed by atoms with E-state index in [1.165, 1.54) is 0 Å². The van der Waals surface area contributed by atoms with Crippen LogP contribution in [0.4, 0.5) is 13.2 Å². The Morgan fingerprint density at radius 2 is 1.07 bits per heavy atom. The van der Waals surface area contributed by atoms with Crippen LogP contribution in [0.3, 0.4) is 0 Å². The predicted molar refractivity (Wildman–Crippen MR) is 173 cm³/mol. The number of hydrogen-bond acceptors (Lipinski definition) is 5. The van der Waals surface area contributed by atoms with Crippen molar-refractivity contribution in [3.63, 3.8) is 0 Å². The number of halogens is 5. The number of H-pyrrole nitrogens is 2. The van der Waals surface area contributed by atoms with Gasteiger partial charge in [-0.2, -0.15) is 13.2 Å². The Kier molecular flexibility index (Phi) is 8.48. The van der Waals surface area contributed by atoms with E-state index >= 15 is 0 Å². The van der Waals surface area contributed by atoms with Crippen molar-refractivity contribution in [3.05, 3.63) is 81.8 Å². The lowest BCUT2D eigenvalue weighted by molar-refractivity contribution is -0.192. The van der Waals surface area contributed by atoms with Crippen LogP contribution in [0, 0.1) is 0 Å². The zero-order chi connectivity index (χ0) is 31.7. The smallest absolute Gasteiger partial charge is 0.475 e. The van der Waals surface area contributed by atoms with Crippen molar-refractivity contribution in [2.45, 2.75) is 19.0 Å². The monoisotopic (exact) mass is 654 g/mol. The first-order valence-corrected chi connectivity index (χ1v) is 15.0. The number of aliphatic carboxylic acids is 1. The molecular weight excluding hydrogens is 628 g/mol. The van der Waals surface area contributed by atoms with Crippen molar-refractivity contribution < 1.29 is 23.1 Å². The minimum absolute atomic E-state index is 0.716. The second-order valence-electron chi connectivity index (χ2n) is 10.6. The van der Waals surface area contributed by atoms with Crippen molar-refractivity contribution >= 4 is 62.6 Å². The second-order valence-corrected chi connectivity index (χ2v) is 11.3. The molecule has 0 bridgehead atoms. The highest BCUT2D eigenvalue weighted by Gasteiger charge is 2.38. The predicted octanol–water partition coefficient (Wildman–Crippen LogP) is 7.40. The third kappa shape index (κ3) is 6.36. The molecule has 3 aromatic carbocycles. The lowest BCUT2D eigenvalue weighted by Crippen LogP contribution is -2.30. The summed E-state index contributed by atoms with van der Waals surface area (Å²) in [5.41, 5.74) is 7.96. The largest absolute Gasteiger partial charge is 0.490 e. The molecule has 8 nitrogen and oxygen atoms in total. The van der Waals surface area contributed by atoms with Gasteiger partial charge in [0, 0.05) is 59.1 Å². The first-order chi connectivity index (χ1) is 21.6. The number of aromatic nitrogens is 2. The number of benzene rings is 3. The highest BCUT2D eigenvalue weighted by Crippen LogP contribution is 2.38. The fourth-order valence-corrected chi connectivity index (χ4v) is 5.92. The normalized spacial score (nSPS) is 15.0. The second kappa shape index (κ2) is 12.5. The van der Waals surface area contributed by atoms with E-state index in [-0.39, 0.29) is 0 Å². The summed E-state index contributed by atoms with van der Waals surface area (Å²) < 4.78 is 31.7. The summed E-state index contributed by atoms with van der Waals surface area (Å²) in [5, 5.41) is 17.3. The number of nitrogens with zero attached hydrogens (tertiary/aromatic N) is 2. The molecule has 0 amide bonds. The summed E-state index contributed by atoms with van der Waals surface area (Å²) >= 11 is 13.6. The summed E-state index contributed by atoms with van der Waals surface area (Å²) in [6.45, 7) is 3.62. The van der Waals surface area contributed by atoms with Gasteiger partial charge >= 0.3 is 12.1 Å². The summed E-state index contributed by atoms with van der Waals surface area (Å²) in [6.07, 6.45) is -2.95. The van der Waals surface area contributed by atoms with E-state index in [0.29, 0.717) is 10.0 Å². The number of rotatable bonds is 4. The maximum Gasteiger partial charge on any atom is 0.490 e. The lowest BCUT2D eigenvalue weighted by atomic mass is 10.1. The molecule has 4 heterocycles. The molecule has 232 valence electrons. The lowest BCUT2D eigenvalue weighted by Gasteiger charge is -2.14. The highest BCUT2D eigenvalue weighted by molar-refractivity contribution is 6.39. The quantitative estimate of drug-likeness (QED) is 0.139. The van der Waals surface area contributed by atoms with Gasteiger partial charge in [0.05, 0.1) is 21.4 Å². The van der Waals surface area contributed by atoms with Crippen LogP contribution in [0.5, 0.6) is 0 Å². The standard InChI is InChI=1S/C30H26Cl2N6.C2HF3O2/c31-25-21-9-7-19(29-33-11-1-12-34-29)15-23(21)37-27(25)17-3-5-18(6-4-17)28-26(32)22-10-8-20(16-24(22)38-28)30-35-13-2-14-36-30;3-2(4,5)1(6)7/h3-10,15-16,37-38H,1-2,11-14H2,(H,33,34)(H,35,36);(H,6,7). The zero-order valence-electron chi connectivity index (χ0n) is 23.7. The Hall–Kier alpha value is -4.48. The maximum absolute atomic E-state index is 10.6. The minimum Gasteiger partial charge on any atom is -0.475 e. The molecule has 0 aliphatic carbocycles. The van der Waals surface area contributed by atoms with Gasteiger partial charge in [0.15, 0.2) is 0 Å². The summed E-state index contributed by atoms with van der Waals surface area (Å²) in [7, 11) is 0.